The second-order valence-corrected chi connectivity index (χ2v) is 5.41. The van der Waals surface area contributed by atoms with Gasteiger partial charge in [0, 0.05) is 11.1 Å². The highest BCUT2D eigenvalue weighted by atomic mass is 16.1. The van der Waals surface area contributed by atoms with Gasteiger partial charge in [-0.05, 0) is 16.3 Å². The van der Waals surface area contributed by atoms with Crippen molar-refractivity contribution in [3.8, 4) is 22.6 Å². The van der Waals surface area contributed by atoms with Crippen molar-refractivity contribution in [1.82, 2.24) is 9.97 Å². The fourth-order valence-corrected chi connectivity index (χ4v) is 2.78. The zero-order valence-corrected chi connectivity index (χ0v) is 12.4. The van der Waals surface area contributed by atoms with Crippen LogP contribution in [0, 0.1) is 0 Å². The minimum Gasteiger partial charge on any atom is -0.338 e. The van der Waals surface area contributed by atoms with Crippen molar-refractivity contribution in [2.45, 2.75) is 0 Å². The van der Waals surface area contributed by atoms with Crippen molar-refractivity contribution in [1.29, 1.82) is 0 Å². The average molecular weight is 298 g/mol. The molecule has 0 saturated carbocycles. The molecule has 4 rings (SSSR count). The van der Waals surface area contributed by atoms with Gasteiger partial charge >= 0.3 is 0 Å². The number of aromatic amines is 1. The molecule has 1 N–H and O–H groups in total. The van der Waals surface area contributed by atoms with Crippen LogP contribution in [0.4, 0.5) is 0 Å². The minimum atomic E-state index is 0.669. The highest BCUT2D eigenvalue weighted by Gasteiger charge is 2.08. The summed E-state index contributed by atoms with van der Waals surface area (Å²) in [5.74, 6) is 0.844. The topological polar surface area (TPSA) is 45.8 Å². The molecule has 1 aromatic heterocycles. The van der Waals surface area contributed by atoms with Gasteiger partial charge in [0.1, 0.15) is 12.1 Å². The van der Waals surface area contributed by atoms with Gasteiger partial charge in [0.15, 0.2) is 0 Å². The van der Waals surface area contributed by atoms with Crippen LogP contribution in [0.25, 0.3) is 33.4 Å². The number of nitrogens with zero attached hydrogens (tertiary/aromatic N) is 1. The van der Waals surface area contributed by atoms with E-state index in [1.54, 1.807) is 12.1 Å². The van der Waals surface area contributed by atoms with E-state index in [-0.39, 0.29) is 0 Å². The Morgan fingerprint density at radius 1 is 0.870 bits per heavy atom. The van der Waals surface area contributed by atoms with E-state index in [9.17, 15) is 4.79 Å². The number of hydrogen-bond donors (Lipinski definition) is 1. The SMILES string of the molecule is O=Cc1ccc(-c2cnc(-c3cccc4ccccc34)[nH]2)cc1. The molecule has 0 radical (unpaired) electrons. The molecule has 0 bridgehead atoms. The number of aldehydes is 1. The number of carbonyl (C=O) groups excluding carboxylic acids is 1. The normalized spacial score (nSPS) is 10.8. The van der Waals surface area contributed by atoms with Crippen LogP contribution < -0.4 is 0 Å². The van der Waals surface area contributed by atoms with E-state index >= 15 is 0 Å². The molecule has 3 heteroatoms. The number of hydrogen-bond acceptors (Lipinski definition) is 2. The monoisotopic (exact) mass is 298 g/mol. The van der Waals surface area contributed by atoms with Gasteiger partial charge in [-0.25, -0.2) is 4.98 Å². The van der Waals surface area contributed by atoms with Gasteiger partial charge in [-0.3, -0.25) is 4.79 Å². The molecule has 0 amide bonds. The van der Waals surface area contributed by atoms with Crippen molar-refractivity contribution in [3.05, 3.63) is 78.5 Å². The summed E-state index contributed by atoms with van der Waals surface area (Å²) in [6, 6.07) is 21.9. The molecule has 0 aliphatic heterocycles. The first-order chi connectivity index (χ1) is 11.3. The maximum Gasteiger partial charge on any atom is 0.150 e. The summed E-state index contributed by atoms with van der Waals surface area (Å²) in [6.45, 7) is 0. The molecule has 1 heterocycles. The first-order valence-electron chi connectivity index (χ1n) is 7.44. The van der Waals surface area contributed by atoms with Gasteiger partial charge in [-0.15, -0.1) is 0 Å². The first-order valence-corrected chi connectivity index (χ1v) is 7.44. The largest absolute Gasteiger partial charge is 0.338 e. The third kappa shape index (κ3) is 2.42. The Bertz CT molecular complexity index is 979. The van der Waals surface area contributed by atoms with Gasteiger partial charge in [0.2, 0.25) is 0 Å². The van der Waals surface area contributed by atoms with E-state index in [0.717, 1.165) is 28.9 Å². The van der Waals surface area contributed by atoms with Crippen LogP contribution in [0.1, 0.15) is 10.4 Å². The molecule has 0 aliphatic rings. The molecule has 3 aromatic carbocycles. The molecule has 0 spiro atoms. The fourth-order valence-electron chi connectivity index (χ4n) is 2.78. The lowest BCUT2D eigenvalue weighted by molar-refractivity contribution is 0.112. The summed E-state index contributed by atoms with van der Waals surface area (Å²) in [4.78, 5) is 18.7. The number of H-pyrrole nitrogens is 1. The maximum atomic E-state index is 10.7. The number of nitrogens with one attached hydrogen (secondary N) is 1. The van der Waals surface area contributed by atoms with Crippen LogP contribution in [0.3, 0.4) is 0 Å². The van der Waals surface area contributed by atoms with Crippen molar-refractivity contribution >= 4 is 17.1 Å². The Balaban J connectivity index is 1.78. The number of benzene rings is 3. The summed E-state index contributed by atoms with van der Waals surface area (Å²) < 4.78 is 0. The van der Waals surface area contributed by atoms with E-state index < -0.39 is 0 Å². The number of aromatic nitrogens is 2. The van der Waals surface area contributed by atoms with E-state index in [1.807, 2.05) is 36.5 Å². The van der Waals surface area contributed by atoms with Crippen LogP contribution in [0.5, 0.6) is 0 Å². The minimum absolute atomic E-state index is 0.669. The highest BCUT2D eigenvalue weighted by Crippen LogP contribution is 2.28. The summed E-state index contributed by atoms with van der Waals surface area (Å²) >= 11 is 0. The number of carbonyl (C=O) groups is 1. The molecule has 4 aromatic rings. The zero-order chi connectivity index (χ0) is 15.6. The molecular formula is C20H14N2O. The Hall–Kier alpha value is -3.20. The van der Waals surface area contributed by atoms with Gasteiger partial charge in [0.25, 0.3) is 0 Å². The summed E-state index contributed by atoms with van der Waals surface area (Å²) in [7, 11) is 0. The third-order valence-corrected chi connectivity index (χ3v) is 3.98. The van der Waals surface area contributed by atoms with Crippen molar-refractivity contribution in [2.24, 2.45) is 0 Å². The molecule has 0 fully saturated rings. The quantitative estimate of drug-likeness (QED) is 0.557. The number of rotatable bonds is 3. The van der Waals surface area contributed by atoms with Crippen molar-refractivity contribution in [3.63, 3.8) is 0 Å². The zero-order valence-electron chi connectivity index (χ0n) is 12.4. The Labute approximate surface area is 133 Å². The summed E-state index contributed by atoms with van der Waals surface area (Å²) in [5.41, 5.74) is 3.70. The lowest BCUT2D eigenvalue weighted by Gasteiger charge is -2.03. The van der Waals surface area contributed by atoms with Crippen LogP contribution in [0.2, 0.25) is 0 Å². The molecule has 0 aliphatic carbocycles. The first kappa shape index (κ1) is 13.5. The smallest absolute Gasteiger partial charge is 0.150 e. The maximum absolute atomic E-state index is 10.7. The predicted octanol–water partition coefficient (Wildman–Crippen LogP) is 4.71. The molecular weight excluding hydrogens is 284 g/mol. The molecule has 23 heavy (non-hydrogen) atoms. The van der Waals surface area contributed by atoms with E-state index in [2.05, 4.69) is 34.2 Å². The molecule has 110 valence electrons. The molecule has 0 saturated heterocycles. The predicted molar refractivity (Wildman–Crippen MR) is 92.4 cm³/mol. The van der Waals surface area contributed by atoms with Crippen molar-refractivity contribution in [2.75, 3.05) is 0 Å². The second kappa shape index (κ2) is 5.54. The summed E-state index contributed by atoms with van der Waals surface area (Å²) in [5, 5.41) is 2.37. The van der Waals surface area contributed by atoms with Gasteiger partial charge < -0.3 is 4.98 Å². The average Bonchev–Trinajstić information content (AvgIpc) is 3.11. The Morgan fingerprint density at radius 3 is 2.48 bits per heavy atom. The number of fused-ring (bicyclic) bond motifs is 1. The molecule has 3 nitrogen and oxygen atoms in total. The lowest BCUT2D eigenvalue weighted by Crippen LogP contribution is -1.84. The van der Waals surface area contributed by atoms with E-state index in [4.69, 9.17) is 0 Å². The van der Waals surface area contributed by atoms with Crippen LogP contribution in [0.15, 0.2) is 72.9 Å². The van der Waals surface area contributed by atoms with Crippen LogP contribution in [-0.2, 0) is 0 Å². The lowest BCUT2D eigenvalue weighted by atomic mass is 10.0. The molecule has 0 unspecified atom stereocenters. The molecule has 0 atom stereocenters. The van der Waals surface area contributed by atoms with Gasteiger partial charge in [-0.2, -0.15) is 0 Å². The Kier molecular flexibility index (Phi) is 3.24. The standard InChI is InChI=1S/C20H14N2O/c23-13-14-8-10-16(11-9-14)19-12-21-20(22-19)18-7-3-5-15-4-1-2-6-17(15)18/h1-13H,(H,21,22). The van der Waals surface area contributed by atoms with E-state index in [1.165, 1.54) is 10.8 Å². The second-order valence-electron chi connectivity index (χ2n) is 5.41. The van der Waals surface area contributed by atoms with Crippen molar-refractivity contribution < 1.29 is 4.79 Å². The van der Waals surface area contributed by atoms with Crippen LogP contribution in [-0.4, -0.2) is 16.3 Å². The highest BCUT2D eigenvalue weighted by molar-refractivity contribution is 5.95. The van der Waals surface area contributed by atoms with Gasteiger partial charge in [-0.1, -0.05) is 66.7 Å². The fraction of sp³-hybridized carbons (Fsp3) is 0. The Morgan fingerprint density at radius 2 is 1.65 bits per heavy atom. The number of imidazole rings is 1. The van der Waals surface area contributed by atoms with Gasteiger partial charge in [0.05, 0.1) is 11.9 Å². The van der Waals surface area contributed by atoms with Crippen LogP contribution >= 0.6 is 0 Å². The third-order valence-electron chi connectivity index (χ3n) is 3.98. The van der Waals surface area contributed by atoms with E-state index in [0.29, 0.717) is 5.56 Å². The summed E-state index contributed by atoms with van der Waals surface area (Å²) in [6.07, 6.45) is 2.67.